The van der Waals surface area contributed by atoms with Crippen LogP contribution in [0.4, 0.5) is 5.82 Å². The fourth-order valence-electron chi connectivity index (χ4n) is 1.09. The molecule has 0 saturated heterocycles. The molecular formula is C10H9BrN2O. The van der Waals surface area contributed by atoms with Crippen LogP contribution in [0.3, 0.4) is 0 Å². The number of pyridine rings is 1. The van der Waals surface area contributed by atoms with E-state index in [-0.39, 0.29) is 0 Å². The molecule has 4 heteroatoms. The molecule has 2 aromatic rings. The molecule has 0 aromatic carbocycles. The Morgan fingerprint density at radius 3 is 3.00 bits per heavy atom. The Bertz CT molecular complexity index is 400. The van der Waals surface area contributed by atoms with Crippen molar-refractivity contribution in [2.24, 2.45) is 0 Å². The average molecular weight is 253 g/mol. The van der Waals surface area contributed by atoms with E-state index in [1.165, 1.54) is 0 Å². The van der Waals surface area contributed by atoms with E-state index in [1.54, 1.807) is 12.5 Å². The largest absolute Gasteiger partial charge is 0.466 e. The van der Waals surface area contributed by atoms with Gasteiger partial charge in [0, 0.05) is 6.20 Å². The Morgan fingerprint density at radius 1 is 1.43 bits per heavy atom. The summed E-state index contributed by atoms with van der Waals surface area (Å²) in [6.45, 7) is 0.641. The first-order chi connectivity index (χ1) is 6.84. The van der Waals surface area contributed by atoms with Crippen LogP contribution in [0.25, 0.3) is 0 Å². The molecule has 1 N–H and O–H groups in total. The van der Waals surface area contributed by atoms with Crippen molar-refractivity contribution in [1.29, 1.82) is 0 Å². The Labute approximate surface area is 90.3 Å². The van der Waals surface area contributed by atoms with Crippen LogP contribution < -0.4 is 5.32 Å². The first-order valence-corrected chi connectivity index (χ1v) is 5.02. The van der Waals surface area contributed by atoms with Crippen molar-refractivity contribution in [2.45, 2.75) is 6.54 Å². The van der Waals surface area contributed by atoms with Crippen LogP contribution in [0, 0.1) is 0 Å². The molecule has 0 bridgehead atoms. The van der Waals surface area contributed by atoms with Crippen molar-refractivity contribution in [3.05, 3.63) is 47.0 Å². The van der Waals surface area contributed by atoms with Crippen LogP contribution in [0.1, 0.15) is 5.76 Å². The highest BCUT2D eigenvalue weighted by Gasteiger charge is 1.98. The van der Waals surface area contributed by atoms with Crippen molar-refractivity contribution in [3.8, 4) is 0 Å². The Morgan fingerprint density at radius 2 is 2.36 bits per heavy atom. The highest BCUT2D eigenvalue weighted by Crippen LogP contribution is 2.14. The Balaban J connectivity index is 1.95. The minimum absolute atomic E-state index is 0.641. The van der Waals surface area contributed by atoms with Crippen molar-refractivity contribution in [3.63, 3.8) is 0 Å². The Kier molecular flexibility index (Phi) is 2.84. The van der Waals surface area contributed by atoms with E-state index in [0.29, 0.717) is 6.54 Å². The van der Waals surface area contributed by atoms with Gasteiger partial charge in [0.2, 0.25) is 0 Å². The zero-order valence-corrected chi connectivity index (χ0v) is 8.99. The molecule has 0 radical (unpaired) electrons. The van der Waals surface area contributed by atoms with Crippen molar-refractivity contribution < 1.29 is 4.42 Å². The quantitative estimate of drug-likeness (QED) is 0.913. The van der Waals surface area contributed by atoms with Gasteiger partial charge in [-0.2, -0.15) is 0 Å². The zero-order valence-electron chi connectivity index (χ0n) is 7.40. The molecule has 0 amide bonds. The molecule has 72 valence electrons. The molecule has 0 saturated carbocycles. The lowest BCUT2D eigenvalue weighted by molar-refractivity contribution is 0.517. The van der Waals surface area contributed by atoms with Crippen molar-refractivity contribution >= 4 is 21.7 Å². The predicted molar refractivity (Wildman–Crippen MR) is 58.0 cm³/mol. The van der Waals surface area contributed by atoms with E-state index in [4.69, 9.17) is 4.42 Å². The number of nitrogens with one attached hydrogen (secondary N) is 1. The number of halogens is 1. The number of furan rings is 1. The fraction of sp³-hybridized carbons (Fsp3) is 0.100. The zero-order chi connectivity index (χ0) is 9.80. The number of nitrogens with zero attached hydrogens (tertiary/aromatic N) is 1. The molecule has 2 heterocycles. The molecule has 0 aliphatic carbocycles. The summed E-state index contributed by atoms with van der Waals surface area (Å²) in [6.07, 6.45) is 3.41. The van der Waals surface area contributed by atoms with Gasteiger partial charge in [0.15, 0.2) is 0 Å². The van der Waals surface area contributed by atoms with Gasteiger partial charge in [-0.05, 0) is 34.1 Å². The molecule has 2 rings (SSSR count). The van der Waals surface area contributed by atoms with Gasteiger partial charge in [0.25, 0.3) is 0 Å². The van der Waals surface area contributed by atoms with Crippen LogP contribution >= 0.6 is 15.9 Å². The molecule has 0 aliphatic heterocycles. The molecule has 0 atom stereocenters. The van der Waals surface area contributed by atoms with Crippen LogP contribution in [0.2, 0.25) is 0 Å². The first kappa shape index (κ1) is 9.27. The van der Waals surface area contributed by atoms with Gasteiger partial charge < -0.3 is 9.73 Å². The van der Waals surface area contributed by atoms with E-state index < -0.39 is 0 Å². The number of anilines is 1. The second-order valence-electron chi connectivity index (χ2n) is 2.80. The van der Waals surface area contributed by atoms with Gasteiger partial charge in [-0.15, -0.1) is 0 Å². The molecule has 3 nitrogen and oxygen atoms in total. The lowest BCUT2D eigenvalue weighted by Gasteiger charge is -2.01. The summed E-state index contributed by atoms with van der Waals surface area (Å²) in [5.74, 6) is 1.72. The molecular weight excluding hydrogens is 244 g/mol. The van der Waals surface area contributed by atoms with Crippen LogP contribution in [0.5, 0.6) is 0 Å². The van der Waals surface area contributed by atoms with Crippen molar-refractivity contribution in [1.82, 2.24) is 4.98 Å². The standard InChI is InChI=1S/C10H9BrN2O/c11-8-5-9(14-7-8)6-13-10-3-1-2-4-12-10/h1-5,7H,6H2,(H,12,13). The smallest absolute Gasteiger partial charge is 0.126 e. The van der Waals surface area contributed by atoms with Gasteiger partial charge in [-0.1, -0.05) is 6.07 Å². The number of rotatable bonds is 3. The maximum absolute atomic E-state index is 5.25. The summed E-state index contributed by atoms with van der Waals surface area (Å²) in [7, 11) is 0. The summed E-state index contributed by atoms with van der Waals surface area (Å²) in [5, 5.41) is 3.15. The van der Waals surface area contributed by atoms with Crippen LogP contribution in [0.15, 0.2) is 45.6 Å². The number of hydrogen-bond acceptors (Lipinski definition) is 3. The fourth-order valence-corrected chi connectivity index (χ4v) is 1.44. The summed E-state index contributed by atoms with van der Waals surface area (Å²) >= 11 is 3.32. The molecule has 0 spiro atoms. The third-order valence-corrected chi connectivity index (χ3v) is 2.15. The van der Waals surface area contributed by atoms with Crippen LogP contribution in [-0.4, -0.2) is 4.98 Å². The number of aromatic nitrogens is 1. The van der Waals surface area contributed by atoms with Crippen LogP contribution in [-0.2, 0) is 6.54 Å². The first-order valence-electron chi connectivity index (χ1n) is 4.22. The highest BCUT2D eigenvalue weighted by molar-refractivity contribution is 9.10. The minimum Gasteiger partial charge on any atom is -0.466 e. The van der Waals surface area contributed by atoms with E-state index in [1.807, 2.05) is 24.3 Å². The second-order valence-corrected chi connectivity index (χ2v) is 3.72. The minimum atomic E-state index is 0.641. The molecule has 0 unspecified atom stereocenters. The van der Waals surface area contributed by atoms with E-state index in [0.717, 1.165) is 16.1 Å². The van der Waals surface area contributed by atoms with E-state index >= 15 is 0 Å². The summed E-state index contributed by atoms with van der Waals surface area (Å²) in [4.78, 5) is 4.14. The van der Waals surface area contributed by atoms with Crippen molar-refractivity contribution in [2.75, 3.05) is 5.32 Å². The molecule has 0 fully saturated rings. The molecule has 2 aromatic heterocycles. The summed E-state index contributed by atoms with van der Waals surface area (Å²) < 4.78 is 6.20. The summed E-state index contributed by atoms with van der Waals surface area (Å²) in [5.41, 5.74) is 0. The van der Waals surface area contributed by atoms with Gasteiger partial charge in [-0.25, -0.2) is 4.98 Å². The normalized spacial score (nSPS) is 10.1. The lowest BCUT2D eigenvalue weighted by atomic mass is 10.4. The second kappa shape index (κ2) is 4.28. The number of hydrogen-bond donors (Lipinski definition) is 1. The monoisotopic (exact) mass is 252 g/mol. The predicted octanol–water partition coefficient (Wildman–Crippen LogP) is 3.05. The van der Waals surface area contributed by atoms with E-state index in [9.17, 15) is 0 Å². The third kappa shape index (κ3) is 2.35. The van der Waals surface area contributed by atoms with E-state index in [2.05, 4.69) is 26.2 Å². The van der Waals surface area contributed by atoms with Gasteiger partial charge in [0.1, 0.15) is 17.8 Å². The Hall–Kier alpha value is -1.29. The molecule has 14 heavy (non-hydrogen) atoms. The topological polar surface area (TPSA) is 38.1 Å². The average Bonchev–Trinajstić information content (AvgIpc) is 2.63. The third-order valence-electron chi connectivity index (χ3n) is 1.73. The maximum atomic E-state index is 5.25. The highest BCUT2D eigenvalue weighted by atomic mass is 79.9. The maximum Gasteiger partial charge on any atom is 0.126 e. The SMILES string of the molecule is Brc1coc(CNc2ccccn2)c1. The summed E-state index contributed by atoms with van der Waals surface area (Å²) in [6, 6.07) is 7.66. The van der Waals surface area contributed by atoms with Gasteiger partial charge in [-0.3, -0.25) is 0 Å². The molecule has 0 aliphatic rings. The van der Waals surface area contributed by atoms with Gasteiger partial charge in [0.05, 0.1) is 11.0 Å². The van der Waals surface area contributed by atoms with Gasteiger partial charge >= 0.3 is 0 Å². The lowest BCUT2D eigenvalue weighted by Crippen LogP contribution is -1.99.